The van der Waals surface area contributed by atoms with Crippen LogP contribution < -0.4 is 5.32 Å². The number of ether oxygens (including phenoxy) is 1. The van der Waals surface area contributed by atoms with Crippen LogP contribution in [-0.4, -0.2) is 55.4 Å². The van der Waals surface area contributed by atoms with E-state index in [0.717, 1.165) is 10.0 Å². The van der Waals surface area contributed by atoms with Gasteiger partial charge in [0.1, 0.15) is 5.75 Å². The van der Waals surface area contributed by atoms with Crippen molar-refractivity contribution >= 4 is 26.0 Å². The molecule has 0 amide bonds. The summed E-state index contributed by atoms with van der Waals surface area (Å²) in [6.45, 7) is 5.31. The number of hydrogen-bond donors (Lipinski definition) is 2. The Labute approximate surface area is 146 Å². The first kappa shape index (κ1) is 18.7. The Morgan fingerprint density at radius 1 is 1.35 bits per heavy atom. The normalized spacial score (nSPS) is 23.1. The molecule has 1 aliphatic heterocycles. The van der Waals surface area contributed by atoms with Gasteiger partial charge in [0.25, 0.3) is 0 Å². The molecule has 130 valence electrons. The van der Waals surface area contributed by atoms with Gasteiger partial charge in [-0.2, -0.15) is 4.31 Å². The minimum absolute atomic E-state index is 0.0290. The molecule has 6 nitrogen and oxygen atoms in total. The van der Waals surface area contributed by atoms with Crippen LogP contribution in [0.5, 0.6) is 5.75 Å². The molecule has 2 rings (SSSR count). The number of aromatic hydroxyl groups is 1. The van der Waals surface area contributed by atoms with E-state index < -0.39 is 10.0 Å². The van der Waals surface area contributed by atoms with Crippen LogP contribution in [0, 0.1) is 0 Å². The molecule has 0 spiro atoms. The number of benzene rings is 1. The van der Waals surface area contributed by atoms with E-state index >= 15 is 0 Å². The maximum Gasteiger partial charge on any atom is 0.215 e. The molecule has 1 aromatic carbocycles. The second-order valence-electron chi connectivity index (χ2n) is 5.84. The van der Waals surface area contributed by atoms with Crippen LogP contribution in [0.15, 0.2) is 22.7 Å². The number of nitrogens with one attached hydrogen (secondary N) is 1. The molecule has 0 saturated carbocycles. The lowest BCUT2D eigenvalue weighted by Gasteiger charge is -2.34. The molecule has 0 bridgehead atoms. The molecule has 0 radical (unpaired) electrons. The monoisotopic (exact) mass is 406 g/mol. The van der Waals surface area contributed by atoms with Crippen molar-refractivity contribution in [3.8, 4) is 5.75 Å². The maximum atomic E-state index is 12.4. The molecule has 2 atom stereocenters. The molecule has 0 aromatic heterocycles. The van der Waals surface area contributed by atoms with Crippen LogP contribution in [0.4, 0.5) is 0 Å². The fourth-order valence-electron chi connectivity index (χ4n) is 2.61. The van der Waals surface area contributed by atoms with Gasteiger partial charge in [-0.05, 0) is 32.0 Å². The number of sulfonamides is 1. The summed E-state index contributed by atoms with van der Waals surface area (Å²) in [5, 5.41) is 12.8. The highest BCUT2D eigenvalue weighted by atomic mass is 79.9. The highest BCUT2D eigenvalue weighted by Crippen LogP contribution is 2.21. The van der Waals surface area contributed by atoms with Gasteiger partial charge in [-0.3, -0.25) is 0 Å². The van der Waals surface area contributed by atoms with Gasteiger partial charge in [-0.1, -0.05) is 15.9 Å². The van der Waals surface area contributed by atoms with E-state index in [1.54, 1.807) is 12.1 Å². The molecule has 1 saturated heterocycles. The van der Waals surface area contributed by atoms with Crippen molar-refractivity contribution in [2.45, 2.75) is 32.6 Å². The fourth-order valence-corrected chi connectivity index (χ4v) is 4.55. The Hall–Kier alpha value is -0.670. The summed E-state index contributed by atoms with van der Waals surface area (Å²) in [5.41, 5.74) is 0.727. The van der Waals surface area contributed by atoms with E-state index in [4.69, 9.17) is 4.74 Å². The molecule has 1 aromatic rings. The summed E-state index contributed by atoms with van der Waals surface area (Å²) in [6.07, 6.45) is -0.166. The van der Waals surface area contributed by atoms with Crippen molar-refractivity contribution < 1.29 is 18.3 Å². The van der Waals surface area contributed by atoms with Crippen LogP contribution in [0.3, 0.4) is 0 Å². The predicted molar refractivity (Wildman–Crippen MR) is 92.9 cm³/mol. The highest BCUT2D eigenvalue weighted by molar-refractivity contribution is 9.10. The SMILES string of the molecule is CC1CN(S(=O)(=O)CCNCc2cc(Br)ccc2O)CC(C)O1. The first-order chi connectivity index (χ1) is 10.8. The zero-order valence-corrected chi connectivity index (χ0v) is 15.7. The summed E-state index contributed by atoms with van der Waals surface area (Å²) < 4.78 is 32.7. The molecule has 1 fully saturated rings. The molecule has 0 aliphatic carbocycles. The number of morpholine rings is 1. The van der Waals surface area contributed by atoms with Gasteiger partial charge in [-0.15, -0.1) is 0 Å². The van der Waals surface area contributed by atoms with E-state index in [1.165, 1.54) is 4.31 Å². The molecule has 2 unspecified atom stereocenters. The summed E-state index contributed by atoms with van der Waals surface area (Å²) in [5.74, 6) is 0.223. The average Bonchev–Trinajstić information content (AvgIpc) is 2.46. The van der Waals surface area contributed by atoms with Gasteiger partial charge in [0.05, 0.1) is 18.0 Å². The van der Waals surface area contributed by atoms with Crippen LogP contribution in [0.1, 0.15) is 19.4 Å². The third-order valence-electron chi connectivity index (χ3n) is 3.67. The Balaban J connectivity index is 1.84. The standard InChI is InChI=1S/C15H23BrN2O4S/c1-11-9-18(10-12(2)22-11)23(20,21)6-5-17-8-13-7-14(16)3-4-15(13)19/h3-4,7,11-12,17,19H,5-6,8-10H2,1-2H3. The molecule has 1 aliphatic rings. The van der Waals surface area contributed by atoms with E-state index in [2.05, 4.69) is 21.2 Å². The van der Waals surface area contributed by atoms with Crippen molar-refractivity contribution in [3.05, 3.63) is 28.2 Å². The minimum atomic E-state index is -3.30. The van der Waals surface area contributed by atoms with Crippen LogP contribution in [0.25, 0.3) is 0 Å². The number of nitrogens with zero attached hydrogens (tertiary/aromatic N) is 1. The molecular formula is C15H23BrN2O4S. The van der Waals surface area contributed by atoms with Crippen molar-refractivity contribution in [1.29, 1.82) is 0 Å². The lowest BCUT2D eigenvalue weighted by molar-refractivity contribution is -0.0440. The minimum Gasteiger partial charge on any atom is -0.508 e. The van der Waals surface area contributed by atoms with E-state index in [0.29, 0.717) is 26.2 Å². The van der Waals surface area contributed by atoms with Crippen LogP contribution in [-0.2, 0) is 21.3 Å². The largest absolute Gasteiger partial charge is 0.508 e. The predicted octanol–water partition coefficient (Wildman–Crippen LogP) is 1.68. The molecule has 23 heavy (non-hydrogen) atoms. The third-order valence-corrected chi connectivity index (χ3v) is 5.97. The second-order valence-corrected chi connectivity index (χ2v) is 8.84. The summed E-state index contributed by atoms with van der Waals surface area (Å²) in [6, 6.07) is 5.17. The highest BCUT2D eigenvalue weighted by Gasteiger charge is 2.30. The van der Waals surface area contributed by atoms with E-state index in [9.17, 15) is 13.5 Å². The average molecular weight is 407 g/mol. The quantitative estimate of drug-likeness (QED) is 0.702. The number of rotatable bonds is 6. The van der Waals surface area contributed by atoms with E-state index in [1.807, 2.05) is 19.9 Å². The van der Waals surface area contributed by atoms with E-state index in [-0.39, 0.29) is 23.7 Å². The van der Waals surface area contributed by atoms with Gasteiger partial charge in [-0.25, -0.2) is 8.42 Å². The lowest BCUT2D eigenvalue weighted by atomic mass is 10.2. The molecule has 1 heterocycles. The van der Waals surface area contributed by atoms with Gasteiger partial charge in [0.15, 0.2) is 0 Å². The summed E-state index contributed by atoms with van der Waals surface area (Å²) >= 11 is 3.35. The van der Waals surface area contributed by atoms with Gasteiger partial charge >= 0.3 is 0 Å². The topological polar surface area (TPSA) is 78.9 Å². The number of phenols is 1. The molecular weight excluding hydrogens is 384 g/mol. The van der Waals surface area contributed by atoms with Crippen molar-refractivity contribution in [2.24, 2.45) is 0 Å². The van der Waals surface area contributed by atoms with Gasteiger partial charge in [0.2, 0.25) is 10.0 Å². The Bertz CT molecular complexity index is 628. The van der Waals surface area contributed by atoms with Gasteiger partial charge < -0.3 is 15.2 Å². The Morgan fingerprint density at radius 3 is 2.65 bits per heavy atom. The smallest absolute Gasteiger partial charge is 0.215 e. The Morgan fingerprint density at radius 2 is 2.00 bits per heavy atom. The van der Waals surface area contributed by atoms with Crippen molar-refractivity contribution in [3.63, 3.8) is 0 Å². The first-order valence-corrected chi connectivity index (χ1v) is 9.99. The Kier molecular flexibility index (Phi) is 6.44. The number of phenolic OH excluding ortho intramolecular Hbond substituents is 1. The van der Waals surface area contributed by atoms with Crippen LogP contribution >= 0.6 is 15.9 Å². The maximum absolute atomic E-state index is 12.4. The lowest BCUT2D eigenvalue weighted by Crippen LogP contribution is -2.49. The molecule has 8 heteroatoms. The summed E-state index contributed by atoms with van der Waals surface area (Å²) in [7, 11) is -3.30. The second kappa shape index (κ2) is 7.94. The van der Waals surface area contributed by atoms with Gasteiger partial charge in [0, 0.05) is 36.2 Å². The number of hydrogen-bond acceptors (Lipinski definition) is 5. The third kappa shape index (κ3) is 5.42. The summed E-state index contributed by atoms with van der Waals surface area (Å²) in [4.78, 5) is 0. The number of halogens is 1. The first-order valence-electron chi connectivity index (χ1n) is 7.59. The van der Waals surface area contributed by atoms with Crippen molar-refractivity contribution in [1.82, 2.24) is 9.62 Å². The fraction of sp³-hybridized carbons (Fsp3) is 0.600. The molecule has 2 N–H and O–H groups in total. The zero-order chi connectivity index (χ0) is 17.0. The zero-order valence-electron chi connectivity index (χ0n) is 13.3. The van der Waals surface area contributed by atoms with Crippen molar-refractivity contribution in [2.75, 3.05) is 25.4 Å². The van der Waals surface area contributed by atoms with Crippen LogP contribution in [0.2, 0.25) is 0 Å².